The number of benzene rings is 2. The van der Waals surface area contributed by atoms with Crippen molar-refractivity contribution in [3.8, 4) is 5.75 Å². The maximum absolute atomic E-state index is 12.9. The number of rotatable bonds is 7. The zero-order chi connectivity index (χ0) is 22.3. The third-order valence-corrected chi connectivity index (χ3v) is 6.59. The van der Waals surface area contributed by atoms with Crippen LogP contribution in [-0.4, -0.2) is 36.1 Å². The average molecular weight is 449 g/mol. The molecule has 1 N–H and O–H groups in total. The average Bonchev–Trinajstić information content (AvgIpc) is 2.84. The summed E-state index contributed by atoms with van der Waals surface area (Å²) in [5, 5.41) is 3.96. The predicted molar refractivity (Wildman–Crippen MR) is 127 cm³/mol. The molecule has 2 heterocycles. The fourth-order valence-electron chi connectivity index (χ4n) is 3.79. The molecule has 0 unspecified atom stereocenters. The van der Waals surface area contributed by atoms with E-state index in [1.54, 1.807) is 31.3 Å². The molecule has 32 heavy (non-hydrogen) atoms. The predicted octanol–water partition coefficient (Wildman–Crippen LogP) is 4.48. The maximum Gasteiger partial charge on any atom is 0.225 e. The monoisotopic (exact) mass is 448 g/mol. The van der Waals surface area contributed by atoms with Crippen molar-refractivity contribution >= 4 is 23.5 Å². The lowest BCUT2D eigenvalue weighted by molar-refractivity contribution is -0.125. The van der Waals surface area contributed by atoms with Gasteiger partial charge in [0.05, 0.1) is 13.0 Å². The minimum absolute atomic E-state index is 0.0683. The summed E-state index contributed by atoms with van der Waals surface area (Å²) in [7, 11) is 1.65. The number of aromatic nitrogens is 2. The van der Waals surface area contributed by atoms with Crippen LogP contribution in [0.4, 0.5) is 5.82 Å². The highest BCUT2D eigenvalue weighted by Crippen LogP contribution is 2.34. The van der Waals surface area contributed by atoms with Crippen molar-refractivity contribution in [3.05, 3.63) is 72.1 Å². The molecule has 4 rings (SSSR count). The van der Waals surface area contributed by atoms with Crippen LogP contribution < -0.4 is 15.0 Å². The fourth-order valence-corrected chi connectivity index (χ4v) is 4.67. The number of anilines is 1. The van der Waals surface area contributed by atoms with Gasteiger partial charge in [-0.05, 0) is 49.6 Å². The molecule has 0 bridgehead atoms. The molecular formula is C25H28N4O2S. The van der Waals surface area contributed by atoms with Crippen LogP contribution in [0, 0.1) is 12.8 Å². The Balaban J connectivity index is 1.40. The summed E-state index contributed by atoms with van der Waals surface area (Å²) in [6.45, 7) is 4.12. The number of ether oxygens (including phenoxy) is 1. The molecule has 1 aromatic heterocycles. The normalized spacial score (nSPS) is 15.9. The fraction of sp³-hybridized carbons (Fsp3) is 0.320. The third-order valence-electron chi connectivity index (χ3n) is 5.60. The van der Waals surface area contributed by atoms with Crippen molar-refractivity contribution in [2.75, 3.05) is 25.1 Å². The summed E-state index contributed by atoms with van der Waals surface area (Å²) < 4.78 is 5.19. The first-order valence-corrected chi connectivity index (χ1v) is 11.6. The van der Waals surface area contributed by atoms with Gasteiger partial charge in [-0.2, -0.15) is 0 Å². The number of nitrogens with zero attached hydrogens (tertiary/aromatic N) is 3. The largest absolute Gasteiger partial charge is 0.497 e. The number of carbonyl (C=O) groups is 1. The van der Waals surface area contributed by atoms with Gasteiger partial charge in [0.25, 0.3) is 0 Å². The number of piperidine rings is 1. The van der Waals surface area contributed by atoms with Gasteiger partial charge in [-0.25, -0.2) is 9.97 Å². The standard InChI is InChI=1S/C25H28N4O2S/c1-18-5-11-22(12-6-18)32-25-23(26-13-14-27-25)29-15-3-4-20(17-29)24(30)28-16-19-7-9-21(31-2)10-8-19/h5-14,20H,3-4,15-17H2,1-2H3,(H,28,30)/t20-/m1/s1. The summed E-state index contributed by atoms with van der Waals surface area (Å²) in [4.78, 5) is 25.4. The van der Waals surface area contributed by atoms with Crippen LogP contribution in [0.1, 0.15) is 24.0 Å². The molecule has 7 heteroatoms. The molecule has 6 nitrogen and oxygen atoms in total. The van der Waals surface area contributed by atoms with Crippen LogP contribution in [0.15, 0.2) is 70.8 Å². The van der Waals surface area contributed by atoms with Gasteiger partial charge in [-0.1, -0.05) is 41.6 Å². The second kappa shape index (κ2) is 10.5. The molecule has 0 spiro atoms. The van der Waals surface area contributed by atoms with Gasteiger partial charge in [0.2, 0.25) is 5.91 Å². The van der Waals surface area contributed by atoms with Crippen molar-refractivity contribution in [1.29, 1.82) is 0 Å². The second-order valence-electron chi connectivity index (χ2n) is 7.95. The zero-order valence-electron chi connectivity index (χ0n) is 18.5. The van der Waals surface area contributed by atoms with Gasteiger partial charge >= 0.3 is 0 Å². The minimum Gasteiger partial charge on any atom is -0.497 e. The second-order valence-corrected chi connectivity index (χ2v) is 9.01. The Morgan fingerprint density at radius 2 is 1.88 bits per heavy atom. The SMILES string of the molecule is COc1ccc(CNC(=O)[C@@H]2CCCN(c3nccnc3Sc3ccc(C)cc3)C2)cc1. The van der Waals surface area contributed by atoms with Crippen LogP contribution in [0.2, 0.25) is 0 Å². The summed E-state index contributed by atoms with van der Waals surface area (Å²) in [5.74, 6) is 1.68. The number of hydrogen-bond donors (Lipinski definition) is 1. The summed E-state index contributed by atoms with van der Waals surface area (Å²) in [6.07, 6.45) is 5.28. The first kappa shape index (κ1) is 22.1. The highest BCUT2D eigenvalue weighted by molar-refractivity contribution is 7.99. The topological polar surface area (TPSA) is 67.3 Å². The smallest absolute Gasteiger partial charge is 0.225 e. The Hall–Kier alpha value is -3.06. The van der Waals surface area contributed by atoms with E-state index in [1.165, 1.54) is 5.56 Å². The summed E-state index contributed by atoms with van der Waals surface area (Å²) in [6, 6.07) is 16.2. The van der Waals surface area contributed by atoms with Crippen LogP contribution in [0.25, 0.3) is 0 Å². The van der Waals surface area contributed by atoms with Crippen molar-refractivity contribution in [1.82, 2.24) is 15.3 Å². The molecule has 1 amide bonds. The Morgan fingerprint density at radius 3 is 2.62 bits per heavy atom. The highest BCUT2D eigenvalue weighted by Gasteiger charge is 2.28. The molecule has 3 aromatic rings. The Morgan fingerprint density at radius 1 is 1.12 bits per heavy atom. The summed E-state index contributed by atoms with van der Waals surface area (Å²) in [5.41, 5.74) is 2.28. The number of amides is 1. The minimum atomic E-state index is -0.0683. The summed E-state index contributed by atoms with van der Waals surface area (Å²) >= 11 is 1.61. The highest BCUT2D eigenvalue weighted by atomic mass is 32.2. The van der Waals surface area contributed by atoms with Crippen molar-refractivity contribution in [3.63, 3.8) is 0 Å². The Labute approximate surface area is 193 Å². The molecule has 166 valence electrons. The number of carbonyl (C=O) groups excluding carboxylic acids is 1. The number of nitrogens with one attached hydrogen (secondary N) is 1. The van der Waals surface area contributed by atoms with Crippen LogP contribution in [0.5, 0.6) is 5.75 Å². The first-order valence-electron chi connectivity index (χ1n) is 10.8. The van der Waals surface area contributed by atoms with Crippen molar-refractivity contribution in [2.24, 2.45) is 5.92 Å². The lowest BCUT2D eigenvalue weighted by Gasteiger charge is -2.33. The molecule has 1 fully saturated rings. The van der Waals surface area contributed by atoms with E-state index in [0.29, 0.717) is 13.1 Å². The quantitative estimate of drug-likeness (QED) is 0.575. The Bertz CT molecular complexity index is 1040. The zero-order valence-corrected chi connectivity index (χ0v) is 19.3. The number of hydrogen-bond acceptors (Lipinski definition) is 6. The molecule has 1 atom stereocenters. The van der Waals surface area contributed by atoms with Crippen LogP contribution in [-0.2, 0) is 11.3 Å². The third kappa shape index (κ3) is 5.59. The Kier molecular flexibility index (Phi) is 7.27. The molecule has 0 radical (unpaired) electrons. The van der Waals surface area contributed by atoms with Crippen LogP contribution >= 0.6 is 11.8 Å². The van der Waals surface area contributed by atoms with Gasteiger partial charge in [-0.3, -0.25) is 4.79 Å². The first-order chi connectivity index (χ1) is 15.6. The maximum atomic E-state index is 12.9. The molecule has 2 aromatic carbocycles. The van der Waals surface area contributed by atoms with E-state index in [-0.39, 0.29) is 11.8 Å². The number of aryl methyl sites for hydroxylation is 1. The molecule has 1 aliphatic heterocycles. The van der Waals surface area contributed by atoms with Gasteiger partial charge in [0, 0.05) is 36.9 Å². The molecular weight excluding hydrogens is 420 g/mol. The lowest BCUT2D eigenvalue weighted by atomic mass is 9.97. The van der Waals surface area contributed by atoms with Gasteiger partial charge in [0.15, 0.2) is 5.82 Å². The van der Waals surface area contributed by atoms with E-state index in [4.69, 9.17) is 4.74 Å². The van der Waals surface area contributed by atoms with E-state index in [9.17, 15) is 4.79 Å². The van der Waals surface area contributed by atoms with E-state index in [1.807, 2.05) is 24.3 Å². The molecule has 0 aliphatic carbocycles. The van der Waals surface area contributed by atoms with E-state index in [2.05, 4.69) is 51.4 Å². The van der Waals surface area contributed by atoms with Gasteiger partial charge in [-0.15, -0.1) is 0 Å². The molecule has 1 saturated heterocycles. The van der Waals surface area contributed by atoms with Crippen molar-refractivity contribution in [2.45, 2.75) is 36.2 Å². The van der Waals surface area contributed by atoms with E-state index >= 15 is 0 Å². The van der Waals surface area contributed by atoms with Crippen molar-refractivity contribution < 1.29 is 9.53 Å². The molecule has 1 aliphatic rings. The van der Waals surface area contributed by atoms with Gasteiger partial charge in [0.1, 0.15) is 10.8 Å². The van der Waals surface area contributed by atoms with E-state index in [0.717, 1.165) is 46.4 Å². The van der Waals surface area contributed by atoms with Gasteiger partial charge < -0.3 is 15.0 Å². The number of methoxy groups -OCH3 is 1. The van der Waals surface area contributed by atoms with E-state index < -0.39 is 0 Å². The molecule has 0 saturated carbocycles. The van der Waals surface area contributed by atoms with Crippen LogP contribution in [0.3, 0.4) is 0 Å². The lowest BCUT2D eigenvalue weighted by Crippen LogP contribution is -2.43.